The van der Waals surface area contributed by atoms with Crippen molar-refractivity contribution in [2.75, 3.05) is 35.0 Å². The van der Waals surface area contributed by atoms with Crippen molar-refractivity contribution in [3.05, 3.63) is 296 Å². The van der Waals surface area contributed by atoms with Crippen molar-refractivity contribution in [2.45, 2.75) is 44.4 Å². The molecule has 24 nitrogen and oxygen atoms in total. The molecule has 1 saturated carbocycles. The summed E-state index contributed by atoms with van der Waals surface area (Å²) in [6.45, 7) is 1.54. The number of carbonyl (C=O) groups excluding carboxylic acids is 5. The Morgan fingerprint density at radius 3 is 1.10 bits per heavy atom. The van der Waals surface area contributed by atoms with Crippen molar-refractivity contribution < 1.29 is 70.0 Å². The molecular formula is C87H77F4N13O11. The maximum atomic E-state index is 13.1. The van der Waals surface area contributed by atoms with Gasteiger partial charge in [0, 0.05) is 6.04 Å². The molecule has 11 N–H and O–H groups in total. The SMILES string of the molecule is COc1c(C(=O)NC2CC2)ccc2n[nH]c(/C=C/c3ccc(F)cc3)c12.COc1c(C(=O)NCc2ccco2)ccc2n[nH]c(/C=C/c3ccc(F)cc3)c12.COc1c(C(=O)N[C@@H](C)C(N)=O)ccc2n[nH]c(/C=C/c3ccc(F)cc3)c12.COc1c(C(=O)N[C@H](CO)c2ccccc2)ccc2n[nH]c(/C=C/c3ccc(F)cc3)c12. The Morgan fingerprint density at radius 2 is 0.791 bits per heavy atom. The summed E-state index contributed by atoms with van der Waals surface area (Å²) < 4.78 is 79.7. The first-order chi connectivity index (χ1) is 55.8. The normalized spacial score (nSPS) is 12.4. The summed E-state index contributed by atoms with van der Waals surface area (Å²) in [5.74, 6) is -0.838. The summed E-state index contributed by atoms with van der Waals surface area (Å²) in [7, 11) is 6.00. The van der Waals surface area contributed by atoms with Gasteiger partial charge in [-0.25, -0.2) is 17.6 Å². The predicted molar refractivity (Wildman–Crippen MR) is 432 cm³/mol. The third-order valence-corrected chi connectivity index (χ3v) is 18.2. The summed E-state index contributed by atoms with van der Waals surface area (Å²) in [5, 5.41) is 52.5. The zero-order valence-electron chi connectivity index (χ0n) is 62.6. The number of amides is 5. The van der Waals surface area contributed by atoms with Gasteiger partial charge < -0.3 is 55.5 Å². The number of aliphatic hydroxyl groups excluding tert-OH is 1. The fraction of sp³-hybridized carbons (Fsp3) is 0.138. The van der Waals surface area contributed by atoms with Crippen LogP contribution in [0.25, 0.3) is 92.2 Å². The number of halogens is 4. The number of ether oxygens (including phenoxy) is 4. The molecule has 1 aliphatic rings. The zero-order valence-corrected chi connectivity index (χ0v) is 62.6. The van der Waals surface area contributed by atoms with E-state index in [4.69, 9.17) is 29.1 Å². The van der Waals surface area contributed by atoms with Gasteiger partial charge in [0.2, 0.25) is 5.91 Å². The third kappa shape index (κ3) is 19.7. The predicted octanol–water partition coefficient (Wildman–Crippen LogP) is 15.0. The summed E-state index contributed by atoms with van der Waals surface area (Å²) >= 11 is 0. The lowest BCUT2D eigenvalue weighted by Gasteiger charge is -2.18. The second-order valence-electron chi connectivity index (χ2n) is 26.0. The number of aliphatic hydroxyl groups is 1. The van der Waals surface area contributed by atoms with E-state index in [2.05, 4.69) is 62.1 Å². The molecule has 0 radical (unpaired) electrons. The van der Waals surface area contributed by atoms with E-state index in [0.717, 1.165) is 51.7 Å². The Kier molecular flexibility index (Phi) is 25.9. The first kappa shape index (κ1) is 79.9. The number of aromatic amines is 4. The maximum Gasteiger partial charge on any atom is 0.255 e. The highest BCUT2D eigenvalue weighted by Crippen LogP contribution is 2.37. The number of fused-ring (bicyclic) bond motifs is 4. The smallest absolute Gasteiger partial charge is 0.255 e. The molecule has 1 fully saturated rings. The van der Waals surface area contributed by atoms with Gasteiger partial charge in [-0.3, -0.25) is 44.4 Å². The van der Waals surface area contributed by atoms with Gasteiger partial charge in [0.1, 0.15) is 58.1 Å². The van der Waals surface area contributed by atoms with E-state index in [0.29, 0.717) is 101 Å². The Labute approximate surface area is 655 Å². The van der Waals surface area contributed by atoms with Gasteiger partial charge in [-0.2, -0.15) is 20.4 Å². The summed E-state index contributed by atoms with van der Waals surface area (Å²) in [4.78, 5) is 62.0. The first-order valence-electron chi connectivity index (χ1n) is 35.9. The summed E-state index contributed by atoms with van der Waals surface area (Å²) in [5.41, 5.74) is 16.1. The monoisotopic (exact) mass is 1560 g/mol. The Balaban J connectivity index is 0.000000142. The molecule has 0 spiro atoms. The minimum absolute atomic E-state index is 0.138. The molecule has 0 aliphatic heterocycles. The van der Waals surface area contributed by atoms with Gasteiger partial charge in [0.25, 0.3) is 23.6 Å². The van der Waals surface area contributed by atoms with E-state index >= 15 is 0 Å². The number of nitrogens with zero attached hydrogens (tertiary/aromatic N) is 4. The van der Waals surface area contributed by atoms with Crippen molar-refractivity contribution in [2.24, 2.45) is 5.73 Å². The lowest BCUT2D eigenvalue weighted by atomic mass is 10.0. The van der Waals surface area contributed by atoms with Crippen LogP contribution >= 0.6 is 0 Å². The van der Waals surface area contributed by atoms with Gasteiger partial charge in [0.05, 0.1) is 143 Å². The highest BCUT2D eigenvalue weighted by Gasteiger charge is 2.28. The molecular weight excluding hydrogens is 1480 g/mol. The van der Waals surface area contributed by atoms with E-state index in [-0.39, 0.29) is 65.7 Å². The average Bonchev–Trinajstić information content (AvgIpc) is 1.68. The Bertz CT molecular complexity index is 5900. The molecule has 5 heterocycles. The third-order valence-electron chi connectivity index (χ3n) is 18.2. The van der Waals surface area contributed by atoms with Crippen LogP contribution in [0.1, 0.15) is 124 Å². The van der Waals surface area contributed by atoms with E-state index in [1.165, 1.54) is 76.8 Å². The molecule has 15 rings (SSSR count). The highest BCUT2D eigenvalue weighted by molar-refractivity contribution is 6.09. The fourth-order valence-electron chi connectivity index (χ4n) is 12.1. The molecule has 1 aliphatic carbocycles. The number of primary amides is 1. The first-order valence-corrected chi connectivity index (χ1v) is 35.9. The molecule has 14 aromatic rings. The topological polar surface area (TPSA) is 344 Å². The number of H-pyrrole nitrogens is 4. The van der Waals surface area contributed by atoms with E-state index in [1.54, 1.807) is 141 Å². The summed E-state index contributed by atoms with van der Waals surface area (Å²) in [6.07, 6.45) is 18.1. The van der Waals surface area contributed by atoms with Crippen molar-refractivity contribution in [1.29, 1.82) is 0 Å². The number of rotatable bonds is 24. The molecule has 2 atom stereocenters. The van der Waals surface area contributed by atoms with Crippen molar-refractivity contribution in [3.8, 4) is 23.0 Å². The Morgan fingerprint density at radius 1 is 0.452 bits per heavy atom. The van der Waals surface area contributed by atoms with E-state index in [9.17, 15) is 46.6 Å². The highest BCUT2D eigenvalue weighted by atomic mass is 19.1. The van der Waals surface area contributed by atoms with Crippen LogP contribution in [0.3, 0.4) is 0 Å². The second-order valence-corrected chi connectivity index (χ2v) is 26.0. The lowest BCUT2D eigenvalue weighted by Crippen LogP contribution is -2.42. The second kappa shape index (κ2) is 37.4. The van der Waals surface area contributed by atoms with Crippen LogP contribution in [0.2, 0.25) is 0 Å². The number of methoxy groups -OCH3 is 4. The van der Waals surface area contributed by atoms with Crippen LogP contribution in [0, 0.1) is 23.3 Å². The molecule has 28 heteroatoms. The van der Waals surface area contributed by atoms with Crippen LogP contribution in [0.5, 0.6) is 23.0 Å². The molecule has 584 valence electrons. The molecule has 115 heavy (non-hydrogen) atoms. The van der Waals surface area contributed by atoms with Crippen LogP contribution in [0.4, 0.5) is 17.6 Å². The standard InChI is InChI=1S/C25H22FN3O3.C22H18FN3O3.C20H19FN4O3.C20H18FN3O2/c1-32-24-19(25(31)27-22(15-30)17-5-3-2-4-6-17)12-14-21-23(24)20(28-29-21)13-9-16-7-10-18(26)11-8-16;1-28-21-17(22(27)24-13-16-3-2-12-29-16)9-11-19-20(21)18(25-26-19)10-6-14-4-7-15(23)8-5-14;1-11(19(22)26)23-20(27)14-8-10-16-17(18(14)28-2)15(24-25-16)9-5-12-3-6-13(21)7-4-12;1-26-19-15(20(25)22-14-7-8-14)9-11-17-18(19)16(23-24-17)10-4-12-2-5-13(21)6-3-12/h2-14,22,30H,15H2,1H3,(H,27,31)(H,28,29);2-12H,13H2,1H3,(H,24,27)(H,25,26);3-11H,1-2H3,(H2,22,26)(H,23,27)(H,24,25);2-6,9-11,14H,7-8H2,1H3,(H,22,25)(H,23,24)/b13-9+;10-6+;9-5+;10-4+/t22-;;11-;/m1.0./s1. The fourth-order valence-corrected chi connectivity index (χ4v) is 12.1. The lowest BCUT2D eigenvalue weighted by molar-refractivity contribution is -0.119. The largest absolute Gasteiger partial charge is 0.495 e. The minimum atomic E-state index is -0.824. The number of carbonyl (C=O) groups is 5. The minimum Gasteiger partial charge on any atom is -0.495 e. The molecule has 5 amide bonds. The molecule has 9 aromatic carbocycles. The molecule has 5 aromatic heterocycles. The number of benzene rings is 9. The van der Waals surface area contributed by atoms with Crippen LogP contribution in [0.15, 0.2) is 199 Å². The van der Waals surface area contributed by atoms with Crippen molar-refractivity contribution >= 4 is 122 Å². The number of nitrogens with one attached hydrogen (secondary N) is 8. The van der Waals surface area contributed by atoms with E-state index < -0.39 is 23.9 Å². The van der Waals surface area contributed by atoms with E-state index in [1.807, 2.05) is 60.7 Å². The van der Waals surface area contributed by atoms with Crippen LogP contribution in [-0.4, -0.2) is 123 Å². The molecule has 0 saturated heterocycles. The maximum absolute atomic E-state index is 13.1. The quantitative estimate of drug-likeness (QED) is 0.0251. The number of furan rings is 1. The number of hydrogen-bond acceptors (Lipinski definition) is 15. The average molecular weight is 1560 g/mol. The van der Waals surface area contributed by atoms with Crippen molar-refractivity contribution in [1.82, 2.24) is 62.1 Å². The number of nitrogens with two attached hydrogens (primary N) is 1. The van der Waals surface area contributed by atoms with Gasteiger partial charge >= 0.3 is 0 Å². The summed E-state index contributed by atoms with van der Waals surface area (Å²) in [6, 6.07) is 49.7. The number of hydrogen-bond donors (Lipinski definition) is 10. The van der Waals surface area contributed by atoms with Gasteiger partial charge in [-0.15, -0.1) is 0 Å². The Hall–Kier alpha value is -14.7. The van der Waals surface area contributed by atoms with Gasteiger partial charge in [-0.1, -0.05) is 103 Å². The van der Waals surface area contributed by atoms with Crippen LogP contribution in [-0.2, 0) is 11.3 Å². The van der Waals surface area contributed by atoms with Crippen molar-refractivity contribution in [3.63, 3.8) is 0 Å². The van der Waals surface area contributed by atoms with Gasteiger partial charge in [-0.05, 0) is 181 Å². The zero-order chi connectivity index (χ0) is 81.1. The van der Waals surface area contributed by atoms with Gasteiger partial charge in [0.15, 0.2) is 0 Å². The van der Waals surface area contributed by atoms with Crippen LogP contribution < -0.4 is 45.9 Å². The number of aromatic nitrogens is 8. The molecule has 0 unspecified atom stereocenters. The molecule has 0 bridgehead atoms.